The number of nitrogens with one attached hydrogen (secondary N) is 1. The van der Waals surface area contributed by atoms with Crippen molar-refractivity contribution in [2.45, 2.75) is 38.0 Å². The quantitative estimate of drug-likeness (QED) is 0.803. The Kier molecular flexibility index (Phi) is 5.41. The minimum atomic E-state index is -0.362. The van der Waals surface area contributed by atoms with Crippen molar-refractivity contribution >= 4 is 46.5 Å². The minimum absolute atomic E-state index is 0.136. The predicted octanol–water partition coefficient (Wildman–Crippen LogP) is 4.14. The molecule has 0 spiro atoms. The van der Waals surface area contributed by atoms with E-state index in [1.165, 1.54) is 4.90 Å². The van der Waals surface area contributed by atoms with Crippen molar-refractivity contribution in [1.29, 1.82) is 0 Å². The molecule has 1 aromatic heterocycles. The number of urea groups is 1. The third kappa shape index (κ3) is 3.72. The van der Waals surface area contributed by atoms with Crippen LogP contribution in [0.25, 0.3) is 0 Å². The Bertz CT molecular complexity index is 859. The van der Waals surface area contributed by atoms with E-state index in [1.807, 2.05) is 23.6 Å². The van der Waals surface area contributed by atoms with Gasteiger partial charge in [0.25, 0.3) is 0 Å². The summed E-state index contributed by atoms with van der Waals surface area (Å²) in [6, 6.07) is 8.49. The van der Waals surface area contributed by atoms with Gasteiger partial charge in [0.15, 0.2) is 0 Å². The second-order valence-electron chi connectivity index (χ2n) is 6.80. The maximum atomic E-state index is 13.2. The molecule has 2 aliphatic heterocycles. The fourth-order valence-corrected chi connectivity index (χ4v) is 4.76. The van der Waals surface area contributed by atoms with Crippen LogP contribution in [0, 0.1) is 0 Å². The van der Waals surface area contributed by atoms with Crippen LogP contribution in [0.4, 0.5) is 4.79 Å². The highest BCUT2D eigenvalue weighted by Crippen LogP contribution is 2.29. The molecule has 2 aromatic rings. The number of hydrogen-bond donors (Lipinski definition) is 1. The Balaban J connectivity index is 1.63. The van der Waals surface area contributed by atoms with Crippen LogP contribution in [0.5, 0.6) is 0 Å². The lowest BCUT2D eigenvalue weighted by Gasteiger charge is -2.47. The van der Waals surface area contributed by atoms with Gasteiger partial charge >= 0.3 is 6.03 Å². The minimum Gasteiger partial charge on any atom is -0.315 e. The second-order valence-corrected chi connectivity index (χ2v) is 8.65. The van der Waals surface area contributed by atoms with E-state index in [1.54, 1.807) is 28.4 Å². The van der Waals surface area contributed by atoms with Crippen molar-refractivity contribution in [3.8, 4) is 0 Å². The second kappa shape index (κ2) is 7.80. The Morgan fingerprint density at radius 2 is 2.00 bits per heavy atom. The van der Waals surface area contributed by atoms with Gasteiger partial charge in [0.05, 0.1) is 22.6 Å². The molecular formula is C19H19Cl2N3O2S. The van der Waals surface area contributed by atoms with Crippen LogP contribution in [-0.2, 0) is 17.9 Å². The Hall–Kier alpha value is -1.60. The van der Waals surface area contributed by atoms with Gasteiger partial charge in [-0.1, -0.05) is 35.3 Å². The first-order chi connectivity index (χ1) is 13.0. The smallest absolute Gasteiger partial charge is 0.315 e. The van der Waals surface area contributed by atoms with E-state index < -0.39 is 0 Å². The lowest BCUT2D eigenvalue weighted by atomic mass is 9.93. The van der Waals surface area contributed by atoms with Crippen LogP contribution >= 0.6 is 34.5 Å². The Morgan fingerprint density at radius 1 is 1.15 bits per heavy atom. The molecule has 8 heteroatoms. The number of benzene rings is 1. The van der Waals surface area contributed by atoms with Crippen LogP contribution in [-0.4, -0.2) is 40.4 Å². The lowest BCUT2D eigenvalue weighted by Crippen LogP contribution is -2.68. The summed E-state index contributed by atoms with van der Waals surface area (Å²) in [5.41, 5.74) is 0.896. The normalized spacial score (nSPS) is 22.9. The number of nitrogens with zero attached hydrogens (tertiary/aromatic N) is 2. The van der Waals surface area contributed by atoms with Gasteiger partial charge < -0.3 is 10.2 Å². The molecule has 0 aliphatic carbocycles. The maximum absolute atomic E-state index is 13.2. The highest BCUT2D eigenvalue weighted by atomic mass is 35.5. The SMILES string of the molecule is O=C1C2NCCCC2N(Cc2ccc(Cl)c(Cl)c2)C(=O)N1Cc1cccs1. The molecule has 3 amide bonds. The fraction of sp³-hybridized carbons (Fsp3) is 0.368. The zero-order valence-electron chi connectivity index (χ0n) is 14.5. The van der Waals surface area contributed by atoms with Crippen LogP contribution in [0.3, 0.4) is 0 Å². The zero-order chi connectivity index (χ0) is 19.0. The summed E-state index contributed by atoms with van der Waals surface area (Å²) in [7, 11) is 0. The summed E-state index contributed by atoms with van der Waals surface area (Å²) in [6.07, 6.45) is 1.74. The Morgan fingerprint density at radius 3 is 2.74 bits per heavy atom. The lowest BCUT2D eigenvalue weighted by molar-refractivity contribution is -0.137. The van der Waals surface area contributed by atoms with Crippen molar-refractivity contribution in [2.75, 3.05) is 6.54 Å². The van der Waals surface area contributed by atoms with Crippen molar-refractivity contribution < 1.29 is 9.59 Å². The topological polar surface area (TPSA) is 52.7 Å². The summed E-state index contributed by atoms with van der Waals surface area (Å²) in [4.78, 5) is 30.3. The van der Waals surface area contributed by atoms with E-state index in [9.17, 15) is 9.59 Å². The fourth-order valence-electron chi connectivity index (χ4n) is 3.74. The molecule has 1 aromatic carbocycles. The molecule has 5 nitrogen and oxygen atoms in total. The van der Waals surface area contributed by atoms with Gasteiger partial charge in [-0.3, -0.25) is 9.69 Å². The number of thiophene rings is 1. The highest BCUT2D eigenvalue weighted by molar-refractivity contribution is 7.09. The molecule has 2 fully saturated rings. The van der Waals surface area contributed by atoms with Crippen molar-refractivity contribution in [3.63, 3.8) is 0 Å². The summed E-state index contributed by atoms with van der Waals surface area (Å²) in [6.45, 7) is 1.49. The average Bonchev–Trinajstić information content (AvgIpc) is 3.18. The molecule has 2 aliphatic rings. The molecule has 3 heterocycles. The molecule has 1 N–H and O–H groups in total. The first-order valence-corrected chi connectivity index (χ1v) is 10.5. The molecule has 142 valence electrons. The summed E-state index contributed by atoms with van der Waals surface area (Å²) < 4.78 is 0. The summed E-state index contributed by atoms with van der Waals surface area (Å²) in [5, 5.41) is 6.20. The first kappa shape index (κ1) is 18.7. The van der Waals surface area contributed by atoms with E-state index in [0.29, 0.717) is 23.1 Å². The maximum Gasteiger partial charge on any atom is 0.327 e. The number of hydrogen-bond acceptors (Lipinski definition) is 4. The van der Waals surface area contributed by atoms with E-state index in [2.05, 4.69) is 5.32 Å². The third-order valence-corrected chi connectivity index (χ3v) is 6.67. The van der Waals surface area contributed by atoms with Gasteiger partial charge in [-0.05, 0) is 48.5 Å². The van der Waals surface area contributed by atoms with Gasteiger partial charge in [-0.2, -0.15) is 0 Å². The van der Waals surface area contributed by atoms with E-state index in [0.717, 1.165) is 29.8 Å². The van der Waals surface area contributed by atoms with Gasteiger partial charge in [0.2, 0.25) is 5.91 Å². The van der Waals surface area contributed by atoms with Crippen LogP contribution in [0.1, 0.15) is 23.3 Å². The largest absolute Gasteiger partial charge is 0.327 e. The number of amides is 3. The molecule has 0 bridgehead atoms. The number of rotatable bonds is 4. The van der Waals surface area contributed by atoms with Gasteiger partial charge in [0, 0.05) is 11.4 Å². The number of piperidine rings is 1. The number of fused-ring (bicyclic) bond motifs is 1. The number of carbonyl (C=O) groups is 2. The molecule has 2 unspecified atom stereocenters. The molecule has 27 heavy (non-hydrogen) atoms. The van der Waals surface area contributed by atoms with Crippen LogP contribution in [0.2, 0.25) is 10.0 Å². The number of halogens is 2. The molecule has 2 atom stereocenters. The monoisotopic (exact) mass is 423 g/mol. The van der Waals surface area contributed by atoms with Crippen molar-refractivity contribution in [1.82, 2.24) is 15.1 Å². The third-order valence-electron chi connectivity index (χ3n) is 5.07. The van der Waals surface area contributed by atoms with E-state index >= 15 is 0 Å². The molecule has 2 saturated heterocycles. The van der Waals surface area contributed by atoms with E-state index in [-0.39, 0.29) is 24.0 Å². The Labute approximate surface area is 171 Å². The molecular weight excluding hydrogens is 405 g/mol. The van der Waals surface area contributed by atoms with E-state index in [4.69, 9.17) is 23.2 Å². The van der Waals surface area contributed by atoms with Crippen LogP contribution in [0.15, 0.2) is 35.7 Å². The molecule has 4 rings (SSSR count). The van der Waals surface area contributed by atoms with Crippen molar-refractivity contribution in [2.24, 2.45) is 0 Å². The van der Waals surface area contributed by atoms with Gasteiger partial charge in [0.1, 0.15) is 6.04 Å². The van der Waals surface area contributed by atoms with Crippen LogP contribution < -0.4 is 5.32 Å². The molecule has 0 saturated carbocycles. The van der Waals surface area contributed by atoms with Crippen molar-refractivity contribution in [3.05, 3.63) is 56.2 Å². The predicted molar refractivity (Wildman–Crippen MR) is 107 cm³/mol. The van der Waals surface area contributed by atoms with Gasteiger partial charge in [-0.25, -0.2) is 4.79 Å². The zero-order valence-corrected chi connectivity index (χ0v) is 16.9. The summed E-state index contributed by atoms with van der Waals surface area (Å²) >= 11 is 13.7. The highest BCUT2D eigenvalue weighted by Gasteiger charge is 2.47. The molecule has 0 radical (unpaired) electrons. The number of imide groups is 1. The number of carbonyl (C=O) groups excluding carboxylic acids is 2. The standard InChI is InChI=1S/C19H19Cl2N3O2S/c20-14-6-5-12(9-15(14)21)10-23-16-4-1-7-22-17(16)18(25)24(19(23)26)11-13-3-2-8-27-13/h2-3,5-6,8-9,16-17,22H,1,4,7,10-11H2. The first-order valence-electron chi connectivity index (χ1n) is 8.86. The summed E-state index contributed by atoms with van der Waals surface area (Å²) in [5.74, 6) is -0.136. The average molecular weight is 424 g/mol. The van der Waals surface area contributed by atoms with Gasteiger partial charge in [-0.15, -0.1) is 11.3 Å².